The minimum Gasteiger partial charge on any atom is -0.495 e. The van der Waals surface area contributed by atoms with E-state index in [1.807, 2.05) is 0 Å². The van der Waals surface area contributed by atoms with Crippen molar-refractivity contribution in [2.24, 2.45) is 0 Å². The van der Waals surface area contributed by atoms with Crippen LogP contribution in [-0.2, 0) is 20.2 Å². The minimum atomic E-state index is -4.73. The molecule has 3 N–H and O–H groups in total. The summed E-state index contributed by atoms with van der Waals surface area (Å²) < 4.78 is 67.4. The molecule has 0 aromatic heterocycles. The molecule has 0 spiro atoms. The number of hydrogen-bond acceptors (Lipinski definition) is 6. The van der Waals surface area contributed by atoms with E-state index in [-0.39, 0.29) is 5.75 Å². The molecule has 0 aliphatic rings. The molecule has 8 nitrogen and oxygen atoms in total. The summed E-state index contributed by atoms with van der Waals surface area (Å²) in [4.78, 5) is -1.44. The highest BCUT2D eigenvalue weighted by atomic mass is 32.2. The van der Waals surface area contributed by atoms with Crippen LogP contribution in [0.15, 0.2) is 21.9 Å². The predicted molar refractivity (Wildman–Crippen MR) is 62.2 cm³/mol. The van der Waals surface area contributed by atoms with Crippen LogP contribution < -0.4 is 10.1 Å². The van der Waals surface area contributed by atoms with Crippen molar-refractivity contribution in [3.8, 4) is 5.75 Å². The Morgan fingerprint density at radius 1 is 1.11 bits per heavy atom. The summed E-state index contributed by atoms with van der Waals surface area (Å²) in [5, 5.41) is 2.29. The lowest BCUT2D eigenvalue weighted by Crippen LogP contribution is -2.11. The van der Waals surface area contributed by atoms with Gasteiger partial charge in [0.25, 0.3) is 20.2 Å². The number of rotatable bonds is 4. The molecule has 1 rings (SSSR count). The van der Waals surface area contributed by atoms with Crippen LogP contribution in [0.5, 0.6) is 5.75 Å². The molecule has 0 atom stereocenters. The maximum Gasteiger partial charge on any atom is 0.300 e. The normalized spacial score (nSPS) is 12.2. The van der Waals surface area contributed by atoms with Crippen LogP contribution in [0.1, 0.15) is 0 Å². The average molecular weight is 297 g/mol. The van der Waals surface area contributed by atoms with Crippen LogP contribution >= 0.6 is 0 Å². The Bertz CT molecular complexity index is 663. The Morgan fingerprint density at radius 2 is 1.67 bits per heavy atom. The van der Waals surface area contributed by atoms with Gasteiger partial charge in [-0.15, -0.1) is 0 Å². The van der Waals surface area contributed by atoms with E-state index in [9.17, 15) is 16.8 Å². The molecule has 0 saturated carbocycles. The summed E-state index contributed by atoms with van der Waals surface area (Å²) >= 11 is 0. The van der Waals surface area contributed by atoms with Gasteiger partial charge in [-0.25, -0.2) is 0 Å². The Hall–Kier alpha value is -1.36. The van der Waals surface area contributed by atoms with E-state index < -0.39 is 35.7 Å². The quantitative estimate of drug-likeness (QED) is 0.673. The molecule has 0 unspecified atom stereocenters. The Balaban J connectivity index is 3.87. The van der Waals surface area contributed by atoms with E-state index in [0.29, 0.717) is 0 Å². The molecule has 0 saturated heterocycles. The van der Waals surface area contributed by atoms with E-state index in [0.717, 1.165) is 19.2 Å². The van der Waals surface area contributed by atoms with Gasteiger partial charge < -0.3 is 10.1 Å². The van der Waals surface area contributed by atoms with Crippen molar-refractivity contribution >= 4 is 25.9 Å². The molecule has 0 aliphatic heterocycles. The summed E-state index contributed by atoms with van der Waals surface area (Å²) in [6.07, 6.45) is 0. The fraction of sp³-hybridized carbons (Fsp3) is 0.250. The van der Waals surface area contributed by atoms with Crippen molar-refractivity contribution in [2.45, 2.75) is 9.79 Å². The Morgan fingerprint density at radius 3 is 2.00 bits per heavy atom. The number of anilines is 1. The third kappa shape index (κ3) is 2.72. The first-order chi connectivity index (χ1) is 8.12. The minimum absolute atomic E-state index is 0.255. The van der Waals surface area contributed by atoms with E-state index >= 15 is 0 Å². The van der Waals surface area contributed by atoms with Gasteiger partial charge in [0.1, 0.15) is 10.6 Å². The van der Waals surface area contributed by atoms with Gasteiger partial charge in [0.15, 0.2) is 4.90 Å². The Labute approximate surface area is 104 Å². The molecule has 18 heavy (non-hydrogen) atoms. The lowest BCUT2D eigenvalue weighted by atomic mass is 10.3. The van der Waals surface area contributed by atoms with Gasteiger partial charge >= 0.3 is 0 Å². The molecule has 1 aromatic rings. The molecule has 0 radical (unpaired) electrons. The largest absolute Gasteiger partial charge is 0.495 e. The van der Waals surface area contributed by atoms with E-state index in [1.165, 1.54) is 7.05 Å². The highest BCUT2D eigenvalue weighted by molar-refractivity contribution is 7.87. The van der Waals surface area contributed by atoms with Crippen LogP contribution in [0.2, 0.25) is 0 Å². The molecule has 0 amide bonds. The predicted octanol–water partition coefficient (Wildman–Crippen LogP) is 0.230. The zero-order valence-corrected chi connectivity index (χ0v) is 11.0. The third-order valence-corrected chi connectivity index (χ3v) is 3.91. The van der Waals surface area contributed by atoms with Gasteiger partial charge in [0.05, 0.1) is 12.8 Å². The zero-order chi connectivity index (χ0) is 14.1. The van der Waals surface area contributed by atoms with Gasteiger partial charge in [-0.1, -0.05) is 0 Å². The summed E-state index contributed by atoms with van der Waals surface area (Å²) in [6, 6.07) is 1.96. The van der Waals surface area contributed by atoms with Crippen LogP contribution in [0, 0.1) is 0 Å². The molecule has 0 bridgehead atoms. The number of benzene rings is 1. The van der Waals surface area contributed by atoms with Crippen LogP contribution in [-0.4, -0.2) is 40.1 Å². The van der Waals surface area contributed by atoms with Gasteiger partial charge in [-0.2, -0.15) is 16.8 Å². The van der Waals surface area contributed by atoms with Gasteiger partial charge in [0.2, 0.25) is 0 Å². The SMILES string of the molecule is CNc1c(S(=O)(=O)O)ccc(OC)c1S(=O)(=O)O. The van der Waals surface area contributed by atoms with Crippen molar-refractivity contribution in [1.82, 2.24) is 0 Å². The maximum absolute atomic E-state index is 11.2. The Kier molecular flexibility index (Phi) is 3.86. The number of hydrogen-bond donors (Lipinski definition) is 3. The molecule has 0 fully saturated rings. The number of ether oxygens (including phenoxy) is 1. The topological polar surface area (TPSA) is 130 Å². The number of nitrogens with one attached hydrogen (secondary N) is 1. The van der Waals surface area contributed by atoms with Crippen molar-refractivity contribution in [3.05, 3.63) is 12.1 Å². The maximum atomic E-state index is 11.2. The second-order valence-electron chi connectivity index (χ2n) is 3.17. The first kappa shape index (κ1) is 14.7. The molecule has 1 aromatic carbocycles. The third-order valence-electron chi connectivity index (χ3n) is 2.09. The number of methoxy groups -OCH3 is 1. The standard InChI is InChI=1S/C8H11NO7S2/c1-9-7-6(17(10,11)12)4-3-5(16-2)8(7)18(13,14)15/h3-4,9H,1-2H3,(H,10,11,12)(H,13,14,15). The molecular weight excluding hydrogens is 286 g/mol. The fourth-order valence-electron chi connectivity index (χ4n) is 1.41. The van der Waals surface area contributed by atoms with E-state index in [4.69, 9.17) is 13.8 Å². The van der Waals surface area contributed by atoms with Gasteiger partial charge in [-0.05, 0) is 12.1 Å². The lowest BCUT2D eigenvalue weighted by molar-refractivity contribution is 0.397. The summed E-state index contributed by atoms with van der Waals surface area (Å²) in [5.74, 6) is -0.255. The highest BCUT2D eigenvalue weighted by Crippen LogP contribution is 2.36. The van der Waals surface area contributed by atoms with Gasteiger partial charge in [0, 0.05) is 7.05 Å². The zero-order valence-electron chi connectivity index (χ0n) is 9.41. The van der Waals surface area contributed by atoms with Crippen LogP contribution in [0.4, 0.5) is 5.69 Å². The summed E-state index contributed by atoms with van der Waals surface area (Å²) in [5.41, 5.74) is -0.473. The second kappa shape index (κ2) is 4.72. The van der Waals surface area contributed by atoms with Crippen LogP contribution in [0.25, 0.3) is 0 Å². The van der Waals surface area contributed by atoms with Crippen molar-refractivity contribution in [3.63, 3.8) is 0 Å². The van der Waals surface area contributed by atoms with Crippen molar-refractivity contribution < 1.29 is 30.7 Å². The van der Waals surface area contributed by atoms with E-state index in [2.05, 4.69) is 5.32 Å². The highest BCUT2D eigenvalue weighted by Gasteiger charge is 2.27. The monoisotopic (exact) mass is 297 g/mol. The summed E-state index contributed by atoms with van der Waals surface area (Å²) in [7, 11) is -7.00. The first-order valence-corrected chi connectivity index (χ1v) is 7.34. The first-order valence-electron chi connectivity index (χ1n) is 4.46. The summed E-state index contributed by atoms with van der Waals surface area (Å²) in [6.45, 7) is 0. The molecule has 10 heteroatoms. The van der Waals surface area contributed by atoms with E-state index in [1.54, 1.807) is 0 Å². The lowest BCUT2D eigenvalue weighted by Gasteiger charge is -2.14. The second-order valence-corrected chi connectivity index (χ2v) is 5.92. The van der Waals surface area contributed by atoms with Crippen molar-refractivity contribution in [1.29, 1.82) is 0 Å². The molecule has 102 valence electrons. The van der Waals surface area contributed by atoms with Gasteiger partial charge in [-0.3, -0.25) is 9.11 Å². The average Bonchev–Trinajstić information content (AvgIpc) is 2.24. The fourth-order valence-corrected chi connectivity index (χ4v) is 3.06. The van der Waals surface area contributed by atoms with Crippen molar-refractivity contribution in [2.75, 3.05) is 19.5 Å². The van der Waals surface area contributed by atoms with Crippen LogP contribution in [0.3, 0.4) is 0 Å². The molecular formula is C8H11NO7S2. The molecule has 0 aliphatic carbocycles. The smallest absolute Gasteiger partial charge is 0.300 e. The molecule has 0 heterocycles.